The first kappa shape index (κ1) is 31.7. The number of phenols is 4. The van der Waals surface area contributed by atoms with E-state index in [4.69, 9.17) is 23.4 Å². The van der Waals surface area contributed by atoms with Crippen LogP contribution >= 0.6 is 0 Å². The lowest BCUT2D eigenvalue weighted by Crippen LogP contribution is -2.62. The van der Waals surface area contributed by atoms with Gasteiger partial charge in [-0.3, -0.25) is 4.79 Å². The number of rotatable bonds is 7. The Morgan fingerprint density at radius 1 is 0.705 bits per heavy atom. The molecule has 0 unspecified atom stereocenters. The third kappa shape index (κ3) is 5.73. The van der Waals surface area contributed by atoms with Crippen LogP contribution in [-0.2, 0) is 14.2 Å². The molecule has 0 amide bonds. The maximum atomic E-state index is 13.6. The number of ether oxygens (including phenoxy) is 4. The van der Waals surface area contributed by atoms with Crippen LogP contribution in [0.3, 0.4) is 0 Å². The number of hydrogen-bond donors (Lipinski definition) is 11. The van der Waals surface area contributed by atoms with E-state index < -0.39 is 120 Å². The summed E-state index contributed by atoms with van der Waals surface area (Å²) < 4.78 is 27.6. The second-order valence-electron chi connectivity index (χ2n) is 10.3. The minimum absolute atomic E-state index is 0.0504. The van der Waals surface area contributed by atoms with Gasteiger partial charge in [-0.05, 0) is 18.2 Å². The van der Waals surface area contributed by atoms with Crippen molar-refractivity contribution in [1.82, 2.24) is 0 Å². The number of aliphatic hydroxyl groups excluding tert-OH is 7. The normalized spacial score (nSPS) is 32.5. The van der Waals surface area contributed by atoms with E-state index in [1.165, 1.54) is 6.07 Å². The first-order valence-corrected chi connectivity index (χ1v) is 13.2. The molecule has 17 nitrogen and oxygen atoms in total. The molecule has 17 heteroatoms. The van der Waals surface area contributed by atoms with E-state index in [0.29, 0.717) is 0 Å². The predicted octanol–water partition coefficient (Wildman–Crippen LogP) is -2.71. The van der Waals surface area contributed by atoms with Gasteiger partial charge < -0.3 is 79.5 Å². The zero-order valence-corrected chi connectivity index (χ0v) is 22.4. The molecule has 1 aromatic heterocycles. The van der Waals surface area contributed by atoms with Gasteiger partial charge in [-0.15, -0.1) is 0 Å². The lowest BCUT2D eigenvalue weighted by molar-refractivity contribution is -0.323. The average Bonchev–Trinajstić information content (AvgIpc) is 2.98. The summed E-state index contributed by atoms with van der Waals surface area (Å²) in [6.45, 7) is -1.42. The fourth-order valence-electron chi connectivity index (χ4n) is 4.89. The van der Waals surface area contributed by atoms with Crippen LogP contribution in [0.1, 0.15) is 0 Å². The Labute approximate surface area is 246 Å². The van der Waals surface area contributed by atoms with E-state index in [0.717, 1.165) is 24.3 Å². The van der Waals surface area contributed by atoms with Gasteiger partial charge in [0.15, 0.2) is 23.5 Å². The minimum Gasteiger partial charge on any atom is -0.508 e. The molecule has 5 rings (SSSR count). The summed E-state index contributed by atoms with van der Waals surface area (Å²) >= 11 is 0. The van der Waals surface area contributed by atoms with Gasteiger partial charge in [-0.25, -0.2) is 0 Å². The van der Waals surface area contributed by atoms with Crippen molar-refractivity contribution in [2.45, 2.75) is 61.4 Å². The summed E-state index contributed by atoms with van der Waals surface area (Å²) in [6, 6.07) is 5.17. The molecule has 3 aromatic rings. The molecule has 240 valence electrons. The van der Waals surface area contributed by atoms with Crippen molar-refractivity contribution in [3.63, 3.8) is 0 Å². The first-order chi connectivity index (χ1) is 20.8. The van der Waals surface area contributed by atoms with E-state index in [-0.39, 0.29) is 11.1 Å². The van der Waals surface area contributed by atoms with Crippen LogP contribution in [-0.4, -0.2) is 131 Å². The average molecular weight is 627 g/mol. The summed E-state index contributed by atoms with van der Waals surface area (Å²) in [4.78, 5) is 13.6. The Balaban J connectivity index is 1.47. The number of aromatic hydroxyl groups is 4. The van der Waals surface area contributed by atoms with Crippen LogP contribution < -0.4 is 10.2 Å². The molecule has 0 radical (unpaired) electrons. The van der Waals surface area contributed by atoms with Gasteiger partial charge in [0, 0.05) is 17.7 Å². The van der Waals surface area contributed by atoms with Crippen molar-refractivity contribution < 1.29 is 79.5 Å². The smallest absolute Gasteiger partial charge is 0.239 e. The lowest BCUT2D eigenvalue weighted by Gasteiger charge is -2.42. The SMILES string of the molecule is O=c1c(O[C@H]2O[C@@H](CO[C@@H]3O[C@H](CO)[C@H](O)[C@@H](O)[C@@H]3O)[C@H](O)[C@@H](O)[C@@H]2O)c(-c2ccc(O)c(O)c2)oc2cc(O)cc(O)c12. The van der Waals surface area contributed by atoms with Crippen molar-refractivity contribution in [2.24, 2.45) is 0 Å². The molecule has 44 heavy (non-hydrogen) atoms. The predicted molar refractivity (Wildman–Crippen MR) is 142 cm³/mol. The molecule has 2 aliphatic rings. The largest absolute Gasteiger partial charge is 0.508 e. The molecule has 0 aliphatic carbocycles. The Kier molecular flexibility index (Phi) is 8.87. The van der Waals surface area contributed by atoms with Crippen LogP contribution in [0.5, 0.6) is 28.7 Å². The summed E-state index contributed by atoms with van der Waals surface area (Å²) in [6.07, 6.45) is -17.4. The quantitative estimate of drug-likeness (QED) is 0.119. The molecular weight excluding hydrogens is 596 g/mol. The van der Waals surface area contributed by atoms with E-state index in [9.17, 15) is 61.0 Å². The molecule has 0 saturated carbocycles. The maximum absolute atomic E-state index is 13.6. The van der Waals surface area contributed by atoms with Crippen molar-refractivity contribution in [2.75, 3.05) is 13.2 Å². The highest BCUT2D eigenvalue weighted by atomic mass is 16.7. The second kappa shape index (κ2) is 12.3. The van der Waals surface area contributed by atoms with Gasteiger partial charge in [0.05, 0.1) is 13.2 Å². The van der Waals surface area contributed by atoms with Crippen molar-refractivity contribution in [3.8, 4) is 40.1 Å². The van der Waals surface area contributed by atoms with Crippen LogP contribution in [0, 0.1) is 0 Å². The number of aliphatic hydroxyl groups is 7. The summed E-state index contributed by atoms with van der Waals surface area (Å²) in [5.41, 5.74) is -1.41. The molecule has 0 spiro atoms. The molecule has 2 fully saturated rings. The molecule has 2 saturated heterocycles. The third-order valence-electron chi connectivity index (χ3n) is 7.33. The molecule has 0 bridgehead atoms. The standard InChI is InChI=1S/C27H30O17/c28-6-14-17(33)20(36)22(38)26(42-14)40-7-15-18(34)21(37)23(39)27(43-15)44-25-19(35)16-12(32)4-9(29)5-13(16)41-24(25)8-1-2-10(30)11(31)3-8/h1-5,14-15,17-18,20-23,26-34,36-39H,6-7H2/t14-,15+,17+,18+,20-,21-,22+,23+,26-,27-/m1/s1. The zero-order chi connectivity index (χ0) is 32.0. The topological polar surface area (TPSA) is 290 Å². The fraction of sp³-hybridized carbons (Fsp3) is 0.444. The van der Waals surface area contributed by atoms with E-state index >= 15 is 0 Å². The number of benzene rings is 2. The summed E-state index contributed by atoms with van der Waals surface area (Å²) in [5.74, 6) is -3.44. The number of fused-ring (bicyclic) bond motifs is 1. The molecule has 11 N–H and O–H groups in total. The first-order valence-electron chi connectivity index (χ1n) is 13.2. The molecular formula is C27H30O17. The van der Waals surface area contributed by atoms with Gasteiger partial charge in [0.25, 0.3) is 0 Å². The van der Waals surface area contributed by atoms with Gasteiger partial charge in [-0.2, -0.15) is 0 Å². The third-order valence-corrected chi connectivity index (χ3v) is 7.33. The zero-order valence-electron chi connectivity index (χ0n) is 22.4. The minimum atomic E-state index is -2.00. The molecule has 2 aromatic carbocycles. The van der Waals surface area contributed by atoms with Crippen LogP contribution in [0.4, 0.5) is 0 Å². The highest BCUT2D eigenvalue weighted by molar-refractivity contribution is 5.88. The Hall–Kier alpha value is -3.75. The molecule has 3 heterocycles. The Morgan fingerprint density at radius 2 is 1.34 bits per heavy atom. The lowest BCUT2D eigenvalue weighted by atomic mass is 9.98. The number of hydrogen-bond acceptors (Lipinski definition) is 17. The van der Waals surface area contributed by atoms with Gasteiger partial charge in [0.1, 0.15) is 71.3 Å². The van der Waals surface area contributed by atoms with Crippen molar-refractivity contribution in [3.05, 3.63) is 40.6 Å². The monoisotopic (exact) mass is 626 g/mol. The van der Waals surface area contributed by atoms with Gasteiger partial charge in [-0.1, -0.05) is 0 Å². The second-order valence-corrected chi connectivity index (χ2v) is 10.3. The Morgan fingerprint density at radius 3 is 2.00 bits per heavy atom. The maximum Gasteiger partial charge on any atom is 0.239 e. The van der Waals surface area contributed by atoms with Crippen molar-refractivity contribution in [1.29, 1.82) is 0 Å². The van der Waals surface area contributed by atoms with Crippen molar-refractivity contribution >= 4 is 11.0 Å². The van der Waals surface area contributed by atoms with Gasteiger partial charge in [0.2, 0.25) is 17.5 Å². The van der Waals surface area contributed by atoms with E-state index in [1.807, 2.05) is 0 Å². The molecule has 10 atom stereocenters. The summed E-state index contributed by atoms with van der Waals surface area (Å²) in [5, 5.41) is 111. The van der Waals surface area contributed by atoms with E-state index in [2.05, 4.69) is 0 Å². The van der Waals surface area contributed by atoms with Gasteiger partial charge >= 0.3 is 0 Å². The number of phenolic OH excluding ortho intramolecular Hbond substituents is 4. The fourth-order valence-corrected chi connectivity index (χ4v) is 4.89. The summed E-state index contributed by atoms with van der Waals surface area (Å²) in [7, 11) is 0. The highest BCUT2D eigenvalue weighted by Crippen LogP contribution is 2.39. The van der Waals surface area contributed by atoms with Crippen LogP contribution in [0.15, 0.2) is 39.5 Å². The van der Waals surface area contributed by atoms with Crippen LogP contribution in [0.25, 0.3) is 22.3 Å². The Bertz CT molecular complexity index is 1560. The highest BCUT2D eigenvalue weighted by Gasteiger charge is 2.48. The van der Waals surface area contributed by atoms with Crippen LogP contribution in [0.2, 0.25) is 0 Å². The van der Waals surface area contributed by atoms with E-state index in [1.54, 1.807) is 0 Å². The molecule has 2 aliphatic heterocycles.